The molecular formula is C21H18ClN3O3. The number of hydrogen-bond donors (Lipinski definition) is 2. The molecule has 1 saturated heterocycles. The smallest absolute Gasteiger partial charge is 0.181 e. The fourth-order valence-electron chi connectivity index (χ4n) is 4.35. The van der Waals surface area contributed by atoms with E-state index in [2.05, 4.69) is 15.5 Å². The minimum absolute atomic E-state index is 0.183. The Kier molecular flexibility index (Phi) is 4.00. The highest BCUT2D eigenvalue weighted by molar-refractivity contribution is 6.35. The van der Waals surface area contributed by atoms with E-state index in [4.69, 9.17) is 16.3 Å². The predicted octanol–water partition coefficient (Wildman–Crippen LogP) is 3.41. The predicted molar refractivity (Wildman–Crippen MR) is 105 cm³/mol. The van der Waals surface area contributed by atoms with E-state index in [9.17, 15) is 9.59 Å². The third-order valence-corrected chi connectivity index (χ3v) is 6.05. The fraction of sp³-hybridized carbons (Fsp3) is 0.286. The number of aromatic nitrogens is 2. The van der Waals surface area contributed by atoms with E-state index >= 15 is 0 Å². The second kappa shape index (κ2) is 6.43. The Balaban J connectivity index is 1.64. The van der Waals surface area contributed by atoms with Gasteiger partial charge < -0.3 is 10.1 Å². The van der Waals surface area contributed by atoms with Crippen molar-refractivity contribution in [2.75, 3.05) is 13.1 Å². The number of aromatic amines is 1. The minimum atomic E-state index is -0.898. The monoisotopic (exact) mass is 395 g/mol. The van der Waals surface area contributed by atoms with E-state index in [1.54, 1.807) is 36.5 Å². The van der Waals surface area contributed by atoms with Crippen LogP contribution in [-0.4, -0.2) is 40.5 Å². The van der Waals surface area contributed by atoms with E-state index in [0.717, 1.165) is 5.39 Å². The lowest BCUT2D eigenvalue weighted by atomic mass is 9.70. The number of nitrogens with one attached hydrogen (secondary N) is 2. The second-order valence-electron chi connectivity index (χ2n) is 7.37. The summed E-state index contributed by atoms with van der Waals surface area (Å²) in [6.45, 7) is 1.39. The van der Waals surface area contributed by atoms with Gasteiger partial charge in [-0.2, -0.15) is 5.10 Å². The Bertz CT molecular complexity index is 1100. The number of rotatable bonds is 2. The average molecular weight is 396 g/mol. The van der Waals surface area contributed by atoms with Crippen LogP contribution in [0.1, 0.15) is 33.6 Å². The first-order valence-electron chi connectivity index (χ1n) is 9.29. The number of fused-ring (bicyclic) bond motifs is 2. The maximum Gasteiger partial charge on any atom is 0.181 e. The normalized spacial score (nSPS) is 20.8. The van der Waals surface area contributed by atoms with Crippen molar-refractivity contribution >= 4 is 34.1 Å². The molecule has 1 unspecified atom stereocenters. The number of H-pyrrole nitrogens is 1. The first-order chi connectivity index (χ1) is 13.6. The number of carbonyl (C=O) groups is 2. The molecule has 6 nitrogen and oxygen atoms in total. The number of ketones is 2. The summed E-state index contributed by atoms with van der Waals surface area (Å²) < 4.78 is 6.36. The lowest BCUT2D eigenvalue weighted by molar-refractivity contribution is -0.0138. The van der Waals surface area contributed by atoms with Crippen molar-refractivity contribution in [3.63, 3.8) is 0 Å². The second-order valence-corrected chi connectivity index (χ2v) is 7.77. The van der Waals surface area contributed by atoms with Crippen molar-refractivity contribution in [3.8, 4) is 5.75 Å². The molecule has 142 valence electrons. The number of para-hydroxylation sites is 1. The van der Waals surface area contributed by atoms with E-state index in [0.29, 0.717) is 53.3 Å². The lowest BCUT2D eigenvalue weighted by Gasteiger charge is -2.45. The van der Waals surface area contributed by atoms with Crippen molar-refractivity contribution in [1.29, 1.82) is 0 Å². The van der Waals surface area contributed by atoms with Gasteiger partial charge in [-0.1, -0.05) is 23.7 Å². The van der Waals surface area contributed by atoms with Gasteiger partial charge in [0, 0.05) is 23.8 Å². The molecule has 0 saturated carbocycles. The number of ether oxygens (including phenoxy) is 1. The molecule has 5 rings (SSSR count). The molecule has 0 radical (unpaired) electrons. The largest absolute Gasteiger partial charge is 0.485 e. The van der Waals surface area contributed by atoms with Gasteiger partial charge in [0.05, 0.1) is 22.3 Å². The highest BCUT2D eigenvalue weighted by atomic mass is 35.5. The van der Waals surface area contributed by atoms with E-state index in [-0.39, 0.29) is 11.6 Å². The van der Waals surface area contributed by atoms with Crippen LogP contribution in [0.5, 0.6) is 5.75 Å². The van der Waals surface area contributed by atoms with Crippen molar-refractivity contribution in [3.05, 3.63) is 58.7 Å². The molecule has 3 aromatic rings. The molecule has 3 heterocycles. The molecule has 2 N–H and O–H groups in total. The number of Topliss-reactive ketones (excluding diaryl/α,β-unsaturated/α-hetero) is 2. The van der Waals surface area contributed by atoms with Gasteiger partial charge in [0.15, 0.2) is 11.6 Å². The standard InChI is InChI=1S/C21H18ClN3O3/c22-15-10-12(9-13-11-24-25-18(13)15)19(26)17-20(27)14-3-1-2-4-16(14)28-21(17)5-7-23-8-6-21/h1-4,9-11,17,23H,5-8H2,(H,24,25). The molecule has 28 heavy (non-hydrogen) atoms. The van der Waals surface area contributed by atoms with Gasteiger partial charge in [0.2, 0.25) is 0 Å². The Morgan fingerprint density at radius 3 is 2.82 bits per heavy atom. The molecular weight excluding hydrogens is 378 g/mol. The van der Waals surface area contributed by atoms with Gasteiger partial charge in [-0.15, -0.1) is 0 Å². The van der Waals surface area contributed by atoms with Crippen molar-refractivity contribution in [1.82, 2.24) is 15.5 Å². The number of hydrogen-bond acceptors (Lipinski definition) is 5. The van der Waals surface area contributed by atoms with E-state index in [1.807, 2.05) is 6.07 Å². The van der Waals surface area contributed by atoms with Crippen LogP contribution in [0.15, 0.2) is 42.6 Å². The summed E-state index contributed by atoms with van der Waals surface area (Å²) in [5, 5.41) is 11.2. The zero-order valence-corrected chi connectivity index (χ0v) is 15.8. The van der Waals surface area contributed by atoms with Crippen LogP contribution in [0.3, 0.4) is 0 Å². The van der Waals surface area contributed by atoms with Crippen LogP contribution in [0, 0.1) is 5.92 Å². The molecule has 1 spiro atoms. The molecule has 0 amide bonds. The first kappa shape index (κ1) is 17.4. The highest BCUT2D eigenvalue weighted by Gasteiger charge is 2.53. The van der Waals surface area contributed by atoms with E-state index in [1.165, 1.54) is 0 Å². The summed E-state index contributed by atoms with van der Waals surface area (Å²) >= 11 is 6.33. The van der Waals surface area contributed by atoms with Crippen LogP contribution >= 0.6 is 11.6 Å². The summed E-state index contributed by atoms with van der Waals surface area (Å²) in [5.74, 6) is -0.782. The van der Waals surface area contributed by atoms with E-state index < -0.39 is 11.5 Å². The third-order valence-electron chi connectivity index (χ3n) is 5.75. The summed E-state index contributed by atoms with van der Waals surface area (Å²) in [6, 6.07) is 10.5. The molecule has 0 aliphatic carbocycles. The SMILES string of the molecule is O=C(c1cc(Cl)c2[nH]ncc2c1)C1C(=O)c2ccccc2OC12CCNCC2. The Morgan fingerprint density at radius 2 is 2.00 bits per heavy atom. The number of halogens is 1. The fourth-order valence-corrected chi connectivity index (χ4v) is 4.62. The third kappa shape index (κ3) is 2.56. The zero-order valence-electron chi connectivity index (χ0n) is 15.0. The van der Waals surface area contributed by atoms with Gasteiger partial charge in [0.1, 0.15) is 17.3 Å². The van der Waals surface area contributed by atoms with Gasteiger partial charge in [0.25, 0.3) is 0 Å². The summed E-state index contributed by atoms with van der Waals surface area (Å²) in [4.78, 5) is 27.0. The Labute approximate surface area is 166 Å². The molecule has 2 aliphatic heterocycles. The van der Waals surface area contributed by atoms with Crippen LogP contribution in [-0.2, 0) is 0 Å². The molecule has 1 fully saturated rings. The zero-order chi connectivity index (χ0) is 19.3. The number of benzene rings is 2. The molecule has 2 aliphatic rings. The summed E-state index contributed by atoms with van der Waals surface area (Å²) in [7, 11) is 0. The van der Waals surface area contributed by atoms with Crippen molar-refractivity contribution in [2.45, 2.75) is 18.4 Å². The molecule has 1 aromatic heterocycles. The highest BCUT2D eigenvalue weighted by Crippen LogP contribution is 2.43. The van der Waals surface area contributed by atoms with Crippen LogP contribution in [0.25, 0.3) is 10.9 Å². The van der Waals surface area contributed by atoms with Crippen LogP contribution < -0.4 is 10.1 Å². The molecule has 1 atom stereocenters. The number of piperidine rings is 1. The van der Waals surface area contributed by atoms with Gasteiger partial charge in [-0.3, -0.25) is 14.7 Å². The number of nitrogens with zero attached hydrogens (tertiary/aromatic N) is 1. The first-order valence-corrected chi connectivity index (χ1v) is 9.67. The van der Waals surface area contributed by atoms with Crippen LogP contribution in [0.4, 0.5) is 0 Å². The Hall–Kier alpha value is -2.70. The number of carbonyl (C=O) groups excluding carboxylic acids is 2. The maximum absolute atomic E-state index is 13.6. The molecule has 2 aromatic carbocycles. The Morgan fingerprint density at radius 1 is 1.21 bits per heavy atom. The van der Waals surface area contributed by atoms with Crippen LogP contribution in [0.2, 0.25) is 5.02 Å². The molecule has 7 heteroatoms. The topological polar surface area (TPSA) is 84.1 Å². The maximum atomic E-state index is 13.6. The minimum Gasteiger partial charge on any atom is -0.485 e. The summed E-state index contributed by atoms with van der Waals surface area (Å²) in [6.07, 6.45) is 2.79. The van der Waals surface area contributed by atoms with Crippen molar-refractivity contribution < 1.29 is 14.3 Å². The quantitative estimate of drug-likeness (QED) is 0.513. The van der Waals surface area contributed by atoms with Gasteiger partial charge in [-0.05, 0) is 37.4 Å². The average Bonchev–Trinajstić information content (AvgIpc) is 3.18. The molecule has 0 bridgehead atoms. The summed E-state index contributed by atoms with van der Waals surface area (Å²) in [5.41, 5.74) is 0.691. The lowest BCUT2D eigenvalue weighted by Crippen LogP contribution is -2.58. The van der Waals surface area contributed by atoms with Gasteiger partial charge in [-0.25, -0.2) is 0 Å². The van der Waals surface area contributed by atoms with Crippen molar-refractivity contribution in [2.24, 2.45) is 5.92 Å². The van der Waals surface area contributed by atoms with Gasteiger partial charge >= 0.3 is 0 Å².